The second-order valence-electron chi connectivity index (χ2n) is 3.91. The smallest absolute Gasteiger partial charge is 0.280 e. The standard InChI is InChI=1S/C14H15N3O/c1-3-9-15-10-13-11(2)16-17(14(13)18)12-7-5-4-6-8-12/h3-8,10,16H,1,9H2,2H3. The van der Waals surface area contributed by atoms with Crippen LogP contribution in [0.25, 0.3) is 5.69 Å². The van der Waals surface area contributed by atoms with Gasteiger partial charge in [-0.2, -0.15) is 0 Å². The Morgan fingerprint density at radius 1 is 1.39 bits per heavy atom. The van der Waals surface area contributed by atoms with Gasteiger partial charge in [-0.15, -0.1) is 6.58 Å². The van der Waals surface area contributed by atoms with Crippen molar-refractivity contribution in [1.82, 2.24) is 9.78 Å². The molecule has 1 aromatic carbocycles. The van der Waals surface area contributed by atoms with E-state index in [-0.39, 0.29) is 5.56 Å². The van der Waals surface area contributed by atoms with E-state index in [1.807, 2.05) is 37.3 Å². The lowest BCUT2D eigenvalue weighted by Gasteiger charge is -1.99. The van der Waals surface area contributed by atoms with Crippen LogP contribution in [0.15, 0.2) is 52.8 Å². The molecular formula is C14H15N3O. The summed E-state index contributed by atoms with van der Waals surface area (Å²) >= 11 is 0. The monoisotopic (exact) mass is 241 g/mol. The second kappa shape index (κ2) is 5.31. The molecule has 0 radical (unpaired) electrons. The van der Waals surface area contributed by atoms with Gasteiger partial charge in [-0.25, -0.2) is 4.68 Å². The van der Waals surface area contributed by atoms with Gasteiger partial charge in [0.05, 0.1) is 17.8 Å². The van der Waals surface area contributed by atoms with Crippen LogP contribution in [0.2, 0.25) is 0 Å². The number of aromatic nitrogens is 2. The van der Waals surface area contributed by atoms with Crippen molar-refractivity contribution in [3.63, 3.8) is 0 Å². The first-order valence-corrected chi connectivity index (χ1v) is 5.72. The third kappa shape index (κ3) is 2.32. The van der Waals surface area contributed by atoms with Gasteiger partial charge in [0.15, 0.2) is 0 Å². The predicted octanol–water partition coefficient (Wildman–Crippen LogP) is 2.08. The highest BCUT2D eigenvalue weighted by atomic mass is 16.1. The van der Waals surface area contributed by atoms with Crippen LogP contribution in [-0.4, -0.2) is 22.5 Å². The number of rotatable bonds is 4. The van der Waals surface area contributed by atoms with Gasteiger partial charge in [-0.3, -0.25) is 14.9 Å². The minimum Gasteiger partial charge on any atom is -0.295 e. The van der Waals surface area contributed by atoms with Crippen molar-refractivity contribution in [3.05, 3.63) is 64.6 Å². The third-order valence-corrected chi connectivity index (χ3v) is 2.59. The summed E-state index contributed by atoms with van der Waals surface area (Å²) in [5.74, 6) is 0. The third-order valence-electron chi connectivity index (χ3n) is 2.59. The maximum atomic E-state index is 12.2. The summed E-state index contributed by atoms with van der Waals surface area (Å²) in [5, 5.41) is 3.04. The van der Waals surface area contributed by atoms with Crippen LogP contribution in [0.3, 0.4) is 0 Å². The first-order valence-electron chi connectivity index (χ1n) is 5.72. The van der Waals surface area contributed by atoms with E-state index in [4.69, 9.17) is 0 Å². The van der Waals surface area contributed by atoms with Gasteiger partial charge in [-0.05, 0) is 19.1 Å². The van der Waals surface area contributed by atoms with E-state index in [0.717, 1.165) is 11.4 Å². The highest BCUT2D eigenvalue weighted by molar-refractivity contribution is 5.80. The normalized spacial score (nSPS) is 10.9. The van der Waals surface area contributed by atoms with Crippen LogP contribution in [0.5, 0.6) is 0 Å². The average molecular weight is 241 g/mol. The van der Waals surface area contributed by atoms with Gasteiger partial charge in [0.1, 0.15) is 0 Å². The number of hydrogen-bond donors (Lipinski definition) is 1. The number of aliphatic imine (C=N–C) groups is 1. The molecule has 2 rings (SSSR count). The van der Waals surface area contributed by atoms with Gasteiger partial charge in [0.2, 0.25) is 0 Å². The summed E-state index contributed by atoms with van der Waals surface area (Å²) in [7, 11) is 0. The molecule has 0 aliphatic carbocycles. The molecule has 0 saturated carbocycles. The minimum atomic E-state index is -0.0912. The molecule has 0 unspecified atom stereocenters. The molecular weight excluding hydrogens is 226 g/mol. The lowest BCUT2D eigenvalue weighted by Crippen LogP contribution is -2.17. The van der Waals surface area contributed by atoms with Gasteiger partial charge < -0.3 is 0 Å². The summed E-state index contributed by atoms with van der Waals surface area (Å²) < 4.78 is 1.52. The van der Waals surface area contributed by atoms with Crippen molar-refractivity contribution in [1.29, 1.82) is 0 Å². The van der Waals surface area contributed by atoms with E-state index in [2.05, 4.69) is 16.7 Å². The summed E-state index contributed by atoms with van der Waals surface area (Å²) in [4.78, 5) is 16.3. The number of para-hydroxylation sites is 1. The Bertz CT molecular complexity index is 620. The fraction of sp³-hybridized carbons (Fsp3) is 0.143. The molecule has 0 atom stereocenters. The molecule has 0 fully saturated rings. The maximum absolute atomic E-state index is 12.2. The number of aryl methyl sites for hydroxylation is 1. The molecule has 0 aliphatic rings. The van der Waals surface area contributed by atoms with Crippen LogP contribution in [0.1, 0.15) is 11.3 Å². The fourth-order valence-electron chi connectivity index (χ4n) is 1.69. The summed E-state index contributed by atoms with van der Waals surface area (Å²) in [6, 6.07) is 9.45. The molecule has 1 aromatic heterocycles. The zero-order valence-electron chi connectivity index (χ0n) is 10.3. The Labute approximate surface area is 105 Å². The van der Waals surface area contributed by atoms with Crippen LogP contribution >= 0.6 is 0 Å². The Morgan fingerprint density at radius 3 is 2.78 bits per heavy atom. The van der Waals surface area contributed by atoms with Crippen molar-refractivity contribution in [2.45, 2.75) is 6.92 Å². The van der Waals surface area contributed by atoms with Gasteiger partial charge in [0.25, 0.3) is 5.56 Å². The first kappa shape index (κ1) is 12.1. The summed E-state index contributed by atoms with van der Waals surface area (Å²) in [5.41, 5.74) is 2.11. The number of aromatic amines is 1. The topological polar surface area (TPSA) is 50.1 Å². The number of nitrogens with zero attached hydrogens (tertiary/aromatic N) is 2. The lowest BCUT2D eigenvalue weighted by molar-refractivity contribution is 0.835. The SMILES string of the molecule is C=CCN=Cc1c(C)[nH]n(-c2ccccc2)c1=O. The highest BCUT2D eigenvalue weighted by Crippen LogP contribution is 2.05. The minimum absolute atomic E-state index is 0.0912. The number of hydrogen-bond acceptors (Lipinski definition) is 2. The van der Waals surface area contributed by atoms with Crippen LogP contribution in [0, 0.1) is 6.92 Å². The molecule has 0 spiro atoms. The number of nitrogens with one attached hydrogen (secondary N) is 1. The zero-order valence-corrected chi connectivity index (χ0v) is 10.3. The van der Waals surface area contributed by atoms with E-state index < -0.39 is 0 Å². The molecule has 1 heterocycles. The Kier molecular flexibility index (Phi) is 3.57. The predicted molar refractivity (Wildman–Crippen MR) is 73.8 cm³/mol. The molecule has 4 nitrogen and oxygen atoms in total. The molecule has 0 bridgehead atoms. The largest absolute Gasteiger partial charge is 0.295 e. The summed E-state index contributed by atoms with van der Waals surface area (Å²) in [6.07, 6.45) is 3.28. The maximum Gasteiger partial charge on any atom is 0.280 e. The van der Waals surface area contributed by atoms with Crippen molar-refractivity contribution >= 4 is 6.21 Å². The summed E-state index contributed by atoms with van der Waals surface area (Å²) in [6.45, 7) is 5.95. The highest BCUT2D eigenvalue weighted by Gasteiger charge is 2.09. The molecule has 4 heteroatoms. The van der Waals surface area contributed by atoms with Gasteiger partial charge in [-0.1, -0.05) is 24.3 Å². The number of H-pyrrole nitrogens is 1. The first-order chi connectivity index (χ1) is 8.74. The van der Waals surface area contributed by atoms with Crippen LogP contribution < -0.4 is 5.56 Å². The fourth-order valence-corrected chi connectivity index (χ4v) is 1.69. The van der Waals surface area contributed by atoms with E-state index in [9.17, 15) is 4.79 Å². The van der Waals surface area contributed by atoms with E-state index in [1.54, 1.807) is 12.3 Å². The molecule has 0 saturated heterocycles. The lowest BCUT2D eigenvalue weighted by atomic mass is 10.3. The van der Waals surface area contributed by atoms with Crippen molar-refractivity contribution in [2.24, 2.45) is 4.99 Å². The molecule has 0 amide bonds. The molecule has 2 aromatic rings. The zero-order chi connectivity index (χ0) is 13.0. The molecule has 18 heavy (non-hydrogen) atoms. The Hall–Kier alpha value is -2.36. The quantitative estimate of drug-likeness (QED) is 0.646. The van der Waals surface area contributed by atoms with Crippen LogP contribution in [-0.2, 0) is 0 Å². The van der Waals surface area contributed by atoms with E-state index >= 15 is 0 Å². The van der Waals surface area contributed by atoms with Crippen molar-refractivity contribution < 1.29 is 0 Å². The molecule has 92 valence electrons. The van der Waals surface area contributed by atoms with Crippen molar-refractivity contribution in [3.8, 4) is 5.69 Å². The van der Waals surface area contributed by atoms with Crippen LogP contribution in [0.4, 0.5) is 0 Å². The van der Waals surface area contributed by atoms with E-state index in [0.29, 0.717) is 12.1 Å². The van der Waals surface area contributed by atoms with Gasteiger partial charge >= 0.3 is 0 Å². The second-order valence-corrected chi connectivity index (χ2v) is 3.91. The molecule has 1 N–H and O–H groups in total. The Morgan fingerprint density at radius 2 is 2.11 bits per heavy atom. The number of benzene rings is 1. The average Bonchev–Trinajstić information content (AvgIpc) is 2.68. The van der Waals surface area contributed by atoms with Gasteiger partial charge in [0, 0.05) is 11.9 Å². The van der Waals surface area contributed by atoms with Crippen molar-refractivity contribution in [2.75, 3.05) is 6.54 Å². The molecule has 0 aliphatic heterocycles. The Balaban J connectivity index is 2.44. The van der Waals surface area contributed by atoms with E-state index in [1.165, 1.54) is 4.68 Å².